The number of aromatic nitrogens is 1. The third kappa shape index (κ3) is 5.20. The molecule has 5 heteroatoms. The van der Waals surface area contributed by atoms with Crippen LogP contribution in [-0.2, 0) is 0 Å². The normalized spacial score (nSPS) is 14.4. The van der Waals surface area contributed by atoms with Crippen molar-refractivity contribution >= 4 is 65.9 Å². The minimum absolute atomic E-state index is 0.349. The SMILES string of the molecule is c1ccc(C2=NC(c3ccc(-c4ccccc4)cc3)NC(c3cccc4oc5c(-c6ccc7c8ccccc8c8ccccc8c7c6)cncc5c34)=N2)cc1. The number of fused-ring (bicyclic) bond motifs is 9. The van der Waals surface area contributed by atoms with E-state index in [1.54, 1.807) is 0 Å². The van der Waals surface area contributed by atoms with Gasteiger partial charge in [-0.1, -0.05) is 158 Å². The van der Waals surface area contributed by atoms with E-state index in [4.69, 9.17) is 19.4 Å². The Morgan fingerprint density at radius 1 is 0.455 bits per heavy atom. The zero-order valence-electron chi connectivity index (χ0n) is 29.6. The Labute approximate surface area is 317 Å². The lowest BCUT2D eigenvalue weighted by Gasteiger charge is -2.24. The van der Waals surface area contributed by atoms with E-state index in [-0.39, 0.29) is 6.17 Å². The lowest BCUT2D eigenvalue weighted by Crippen LogP contribution is -2.33. The second-order valence-electron chi connectivity index (χ2n) is 14.0. The highest BCUT2D eigenvalue weighted by Gasteiger charge is 2.25. The number of pyridine rings is 1. The van der Waals surface area contributed by atoms with E-state index in [1.165, 1.54) is 37.9 Å². The van der Waals surface area contributed by atoms with Crippen LogP contribution in [0.4, 0.5) is 0 Å². The number of rotatable bonds is 5. The Hall–Kier alpha value is -7.37. The van der Waals surface area contributed by atoms with Crippen LogP contribution in [0.25, 0.3) is 76.5 Å². The molecular formula is C50H32N4O. The highest BCUT2D eigenvalue weighted by molar-refractivity contribution is 6.26. The van der Waals surface area contributed by atoms with Crippen LogP contribution in [-0.4, -0.2) is 16.7 Å². The van der Waals surface area contributed by atoms with Crippen molar-refractivity contribution in [1.29, 1.82) is 0 Å². The van der Waals surface area contributed by atoms with Crippen molar-refractivity contribution in [1.82, 2.24) is 10.3 Å². The summed E-state index contributed by atoms with van der Waals surface area (Å²) in [6, 6.07) is 59.4. The fourth-order valence-corrected chi connectivity index (χ4v) is 8.18. The summed E-state index contributed by atoms with van der Waals surface area (Å²) >= 11 is 0. The monoisotopic (exact) mass is 704 g/mol. The molecule has 1 aliphatic rings. The maximum atomic E-state index is 6.76. The van der Waals surface area contributed by atoms with Crippen LogP contribution >= 0.6 is 0 Å². The molecule has 0 bridgehead atoms. The molecule has 8 aromatic carbocycles. The van der Waals surface area contributed by atoms with E-state index in [9.17, 15) is 0 Å². The van der Waals surface area contributed by atoms with Gasteiger partial charge in [0.2, 0.25) is 0 Å². The highest BCUT2D eigenvalue weighted by atomic mass is 16.3. The van der Waals surface area contributed by atoms with Crippen LogP contribution in [0.15, 0.2) is 197 Å². The Bertz CT molecular complexity index is 3130. The molecule has 3 heterocycles. The predicted octanol–water partition coefficient (Wildman–Crippen LogP) is 12.3. The van der Waals surface area contributed by atoms with E-state index in [1.807, 2.05) is 48.8 Å². The number of benzene rings is 8. The van der Waals surface area contributed by atoms with Gasteiger partial charge in [-0.15, -0.1) is 0 Å². The van der Waals surface area contributed by atoms with Gasteiger partial charge in [0.15, 0.2) is 5.84 Å². The van der Waals surface area contributed by atoms with E-state index in [0.29, 0.717) is 5.84 Å². The van der Waals surface area contributed by atoms with Gasteiger partial charge in [0.25, 0.3) is 0 Å². The molecule has 11 rings (SSSR count). The van der Waals surface area contributed by atoms with Gasteiger partial charge in [-0.05, 0) is 66.7 Å². The van der Waals surface area contributed by atoms with Crippen LogP contribution in [0.5, 0.6) is 0 Å². The molecule has 5 nitrogen and oxygen atoms in total. The quantitative estimate of drug-likeness (QED) is 0.181. The molecule has 0 spiro atoms. The van der Waals surface area contributed by atoms with Crippen molar-refractivity contribution in [2.45, 2.75) is 6.17 Å². The van der Waals surface area contributed by atoms with Crippen LogP contribution in [0.3, 0.4) is 0 Å². The van der Waals surface area contributed by atoms with E-state index in [2.05, 4.69) is 139 Å². The van der Waals surface area contributed by atoms with Crippen molar-refractivity contribution in [2.75, 3.05) is 0 Å². The first kappa shape index (κ1) is 31.2. The molecule has 10 aromatic rings. The van der Waals surface area contributed by atoms with Gasteiger partial charge in [-0.25, -0.2) is 9.98 Å². The van der Waals surface area contributed by atoms with Crippen molar-refractivity contribution in [3.63, 3.8) is 0 Å². The molecule has 1 unspecified atom stereocenters. The van der Waals surface area contributed by atoms with Gasteiger partial charge in [0.05, 0.1) is 0 Å². The molecule has 0 amide bonds. The summed E-state index contributed by atoms with van der Waals surface area (Å²) in [7, 11) is 0. The first-order chi connectivity index (χ1) is 27.3. The van der Waals surface area contributed by atoms with Crippen LogP contribution < -0.4 is 5.32 Å². The molecule has 0 fully saturated rings. The molecule has 0 aliphatic carbocycles. The second kappa shape index (κ2) is 12.6. The van der Waals surface area contributed by atoms with Gasteiger partial charge in [-0.2, -0.15) is 0 Å². The Morgan fingerprint density at radius 3 is 1.76 bits per heavy atom. The zero-order chi connectivity index (χ0) is 36.3. The van der Waals surface area contributed by atoms with Crippen LogP contribution in [0, 0.1) is 0 Å². The minimum atomic E-state index is -0.349. The van der Waals surface area contributed by atoms with Gasteiger partial charge < -0.3 is 9.73 Å². The van der Waals surface area contributed by atoms with E-state index in [0.717, 1.165) is 61.2 Å². The number of hydrogen-bond acceptors (Lipinski definition) is 5. The van der Waals surface area contributed by atoms with Crippen molar-refractivity contribution in [3.05, 3.63) is 199 Å². The van der Waals surface area contributed by atoms with E-state index >= 15 is 0 Å². The Kier molecular flexibility index (Phi) is 7.17. The molecule has 258 valence electrons. The maximum absolute atomic E-state index is 6.76. The smallest absolute Gasteiger partial charge is 0.159 e. The fourth-order valence-electron chi connectivity index (χ4n) is 8.18. The second-order valence-corrected chi connectivity index (χ2v) is 14.0. The van der Waals surface area contributed by atoms with Crippen molar-refractivity contribution in [2.24, 2.45) is 9.98 Å². The predicted molar refractivity (Wildman–Crippen MR) is 227 cm³/mol. The summed E-state index contributed by atoms with van der Waals surface area (Å²) < 4.78 is 6.76. The summed E-state index contributed by atoms with van der Waals surface area (Å²) in [6.07, 6.45) is 3.48. The number of furan rings is 1. The van der Waals surface area contributed by atoms with Gasteiger partial charge in [0, 0.05) is 39.9 Å². The number of nitrogens with zero attached hydrogens (tertiary/aromatic N) is 3. The molecular weight excluding hydrogens is 673 g/mol. The maximum Gasteiger partial charge on any atom is 0.159 e. The van der Waals surface area contributed by atoms with Gasteiger partial charge >= 0.3 is 0 Å². The Balaban J connectivity index is 1.05. The first-order valence-electron chi connectivity index (χ1n) is 18.5. The summed E-state index contributed by atoms with van der Waals surface area (Å²) in [6.45, 7) is 0. The van der Waals surface area contributed by atoms with Crippen molar-refractivity contribution in [3.8, 4) is 22.3 Å². The number of aliphatic imine (C=N–C) groups is 2. The summed E-state index contributed by atoms with van der Waals surface area (Å²) in [5.74, 6) is 1.40. The largest absolute Gasteiger partial charge is 0.455 e. The summed E-state index contributed by atoms with van der Waals surface area (Å²) in [5.41, 5.74) is 8.84. The third-order valence-corrected chi connectivity index (χ3v) is 10.8. The number of hydrogen-bond donors (Lipinski definition) is 1. The average molecular weight is 705 g/mol. The molecule has 0 saturated carbocycles. The molecule has 0 radical (unpaired) electrons. The van der Waals surface area contributed by atoms with E-state index < -0.39 is 0 Å². The lowest BCUT2D eigenvalue weighted by molar-refractivity contribution is 0.668. The van der Waals surface area contributed by atoms with Crippen molar-refractivity contribution < 1.29 is 4.42 Å². The molecule has 1 N–H and O–H groups in total. The molecule has 0 saturated heterocycles. The van der Waals surface area contributed by atoms with Crippen LogP contribution in [0.1, 0.15) is 22.9 Å². The fraction of sp³-hybridized carbons (Fsp3) is 0.0200. The Morgan fingerprint density at radius 2 is 1.05 bits per heavy atom. The standard InChI is InChI=1S/C50H32N4O/c1-3-12-31(13-4-1)32-22-24-34(25-23-32)49-52-48(33-14-5-2-6-15-33)53-50(54-49)41-20-11-21-45-46(41)44-30-51-29-43(47(44)55-45)35-26-27-40-38-18-8-7-16-36(38)37-17-9-10-19-39(37)42(40)28-35/h1-30,49H,(H,52,53,54). The zero-order valence-corrected chi connectivity index (χ0v) is 29.6. The molecule has 1 aliphatic heterocycles. The summed E-state index contributed by atoms with van der Waals surface area (Å²) in [4.78, 5) is 15.1. The third-order valence-electron chi connectivity index (χ3n) is 10.8. The van der Waals surface area contributed by atoms with Gasteiger partial charge in [0.1, 0.15) is 23.2 Å². The molecule has 2 aromatic heterocycles. The number of nitrogens with one attached hydrogen (secondary N) is 1. The summed E-state index contributed by atoms with van der Waals surface area (Å²) in [5, 5.41) is 13.0. The lowest BCUT2D eigenvalue weighted by atomic mass is 9.92. The number of amidine groups is 2. The topological polar surface area (TPSA) is 62.8 Å². The molecule has 55 heavy (non-hydrogen) atoms. The average Bonchev–Trinajstić information content (AvgIpc) is 3.66. The van der Waals surface area contributed by atoms with Crippen LogP contribution in [0.2, 0.25) is 0 Å². The highest BCUT2D eigenvalue weighted by Crippen LogP contribution is 2.41. The molecule has 1 atom stereocenters. The minimum Gasteiger partial charge on any atom is -0.455 e. The first-order valence-corrected chi connectivity index (χ1v) is 18.5. The van der Waals surface area contributed by atoms with Gasteiger partial charge in [-0.3, -0.25) is 4.98 Å².